The summed E-state index contributed by atoms with van der Waals surface area (Å²) in [6, 6.07) is 3.82. The number of hydrogen-bond acceptors (Lipinski definition) is 2. The van der Waals surface area contributed by atoms with Crippen LogP contribution in [0.15, 0.2) is 12.1 Å². The van der Waals surface area contributed by atoms with E-state index < -0.39 is 11.4 Å². The van der Waals surface area contributed by atoms with Gasteiger partial charge in [-0.3, -0.25) is 4.79 Å². The standard InChI is InChI=1S/C17H21ClO3/c1-11-3-2-5-17(9-11,16(19)20)10-13-8-14(18)7-12-4-6-21-15(12)13/h7-8,11H,2-6,9-10H2,1H3,(H,19,20). The molecule has 1 aromatic carbocycles. The molecule has 1 aliphatic carbocycles. The molecule has 3 nitrogen and oxygen atoms in total. The number of rotatable bonds is 3. The van der Waals surface area contributed by atoms with E-state index in [1.807, 2.05) is 12.1 Å². The number of fused-ring (bicyclic) bond motifs is 1. The fourth-order valence-corrected chi connectivity index (χ4v) is 4.20. The van der Waals surface area contributed by atoms with Gasteiger partial charge in [-0.15, -0.1) is 0 Å². The second-order valence-corrected chi connectivity index (χ2v) is 7.05. The molecule has 0 aromatic heterocycles. The van der Waals surface area contributed by atoms with Gasteiger partial charge in [-0.05, 0) is 48.4 Å². The molecule has 114 valence electrons. The van der Waals surface area contributed by atoms with Gasteiger partial charge in [-0.25, -0.2) is 0 Å². The molecule has 3 rings (SSSR count). The summed E-state index contributed by atoms with van der Waals surface area (Å²) in [6.07, 6.45) is 4.97. The number of carboxylic acid groups (broad SMARTS) is 1. The van der Waals surface area contributed by atoms with Crippen molar-refractivity contribution in [1.82, 2.24) is 0 Å². The zero-order chi connectivity index (χ0) is 15.0. The van der Waals surface area contributed by atoms with Gasteiger partial charge in [0.1, 0.15) is 5.75 Å². The largest absolute Gasteiger partial charge is 0.493 e. The van der Waals surface area contributed by atoms with Crippen LogP contribution in [0.3, 0.4) is 0 Å². The van der Waals surface area contributed by atoms with Crippen LogP contribution in [0.25, 0.3) is 0 Å². The van der Waals surface area contributed by atoms with Crippen molar-refractivity contribution in [3.8, 4) is 5.75 Å². The Bertz CT molecular complexity index is 569. The monoisotopic (exact) mass is 308 g/mol. The molecular formula is C17H21ClO3. The molecular weight excluding hydrogens is 288 g/mol. The molecule has 0 spiro atoms. The van der Waals surface area contributed by atoms with Crippen molar-refractivity contribution in [2.45, 2.75) is 45.4 Å². The molecule has 2 unspecified atom stereocenters. The van der Waals surface area contributed by atoms with Crippen molar-refractivity contribution >= 4 is 17.6 Å². The Morgan fingerprint density at radius 2 is 2.33 bits per heavy atom. The molecule has 1 saturated carbocycles. The summed E-state index contributed by atoms with van der Waals surface area (Å²) in [5, 5.41) is 10.5. The molecule has 1 N–H and O–H groups in total. The van der Waals surface area contributed by atoms with Gasteiger partial charge < -0.3 is 9.84 Å². The van der Waals surface area contributed by atoms with Crippen molar-refractivity contribution in [1.29, 1.82) is 0 Å². The lowest BCUT2D eigenvalue weighted by Crippen LogP contribution is -2.38. The van der Waals surface area contributed by atoms with E-state index in [9.17, 15) is 9.90 Å². The first-order valence-electron chi connectivity index (χ1n) is 7.68. The summed E-state index contributed by atoms with van der Waals surface area (Å²) in [5.41, 5.74) is 1.41. The van der Waals surface area contributed by atoms with Crippen LogP contribution in [0, 0.1) is 11.3 Å². The number of ether oxygens (including phenoxy) is 1. The van der Waals surface area contributed by atoms with Crippen LogP contribution in [0.5, 0.6) is 5.75 Å². The normalized spacial score (nSPS) is 28.0. The van der Waals surface area contributed by atoms with E-state index in [1.165, 1.54) is 0 Å². The second-order valence-electron chi connectivity index (χ2n) is 6.62. The topological polar surface area (TPSA) is 46.5 Å². The summed E-state index contributed by atoms with van der Waals surface area (Å²) in [5.74, 6) is 0.655. The number of aliphatic carboxylic acids is 1. The predicted octanol–water partition coefficient (Wildman–Crippen LogP) is 4.10. The quantitative estimate of drug-likeness (QED) is 0.914. The lowest BCUT2D eigenvalue weighted by Gasteiger charge is -2.36. The van der Waals surface area contributed by atoms with E-state index >= 15 is 0 Å². The summed E-state index contributed by atoms with van der Waals surface area (Å²) in [6.45, 7) is 2.81. The molecule has 2 aliphatic rings. The fraction of sp³-hybridized carbons (Fsp3) is 0.588. The van der Waals surface area contributed by atoms with Gasteiger partial charge in [0.05, 0.1) is 12.0 Å². The Balaban J connectivity index is 1.96. The van der Waals surface area contributed by atoms with Gasteiger partial charge in [0.2, 0.25) is 0 Å². The van der Waals surface area contributed by atoms with E-state index in [4.69, 9.17) is 16.3 Å². The third-order valence-corrected chi connectivity index (χ3v) is 5.12. The maximum atomic E-state index is 11.9. The smallest absolute Gasteiger partial charge is 0.309 e. The molecule has 0 radical (unpaired) electrons. The van der Waals surface area contributed by atoms with Crippen LogP contribution >= 0.6 is 11.6 Å². The van der Waals surface area contributed by atoms with E-state index in [0.29, 0.717) is 24.0 Å². The minimum atomic E-state index is -0.680. The number of carboxylic acids is 1. The summed E-state index contributed by atoms with van der Waals surface area (Å²) < 4.78 is 5.73. The molecule has 1 heterocycles. The zero-order valence-electron chi connectivity index (χ0n) is 12.3. The summed E-state index contributed by atoms with van der Waals surface area (Å²) in [4.78, 5) is 11.9. The first-order chi connectivity index (χ1) is 10.00. The first kappa shape index (κ1) is 14.7. The summed E-state index contributed by atoms with van der Waals surface area (Å²) >= 11 is 6.20. The van der Waals surface area contributed by atoms with Gasteiger partial charge in [0, 0.05) is 11.4 Å². The highest BCUT2D eigenvalue weighted by Gasteiger charge is 2.42. The molecule has 1 aliphatic heterocycles. The maximum absolute atomic E-state index is 11.9. The van der Waals surface area contributed by atoms with Crippen molar-refractivity contribution < 1.29 is 14.6 Å². The molecule has 1 aromatic rings. The van der Waals surface area contributed by atoms with Crippen molar-refractivity contribution in [3.05, 3.63) is 28.3 Å². The second kappa shape index (κ2) is 5.53. The summed E-state index contributed by atoms with van der Waals surface area (Å²) in [7, 11) is 0. The molecule has 1 fully saturated rings. The van der Waals surface area contributed by atoms with E-state index in [1.54, 1.807) is 0 Å². The van der Waals surface area contributed by atoms with Gasteiger partial charge in [0.25, 0.3) is 0 Å². The third-order valence-electron chi connectivity index (χ3n) is 4.90. The van der Waals surface area contributed by atoms with Gasteiger partial charge >= 0.3 is 5.97 Å². The van der Waals surface area contributed by atoms with Crippen LogP contribution in [0.2, 0.25) is 5.02 Å². The minimum Gasteiger partial charge on any atom is -0.493 e. The highest BCUT2D eigenvalue weighted by atomic mass is 35.5. The van der Waals surface area contributed by atoms with Crippen LogP contribution in [-0.2, 0) is 17.6 Å². The lowest BCUT2D eigenvalue weighted by molar-refractivity contribution is -0.152. The Kier molecular flexibility index (Phi) is 3.87. The zero-order valence-corrected chi connectivity index (χ0v) is 13.1. The third kappa shape index (κ3) is 2.76. The molecule has 21 heavy (non-hydrogen) atoms. The molecule has 2 atom stereocenters. The maximum Gasteiger partial charge on any atom is 0.309 e. The van der Waals surface area contributed by atoms with Crippen LogP contribution < -0.4 is 4.74 Å². The highest BCUT2D eigenvalue weighted by molar-refractivity contribution is 6.30. The van der Waals surface area contributed by atoms with Crippen molar-refractivity contribution in [2.75, 3.05) is 6.61 Å². The Morgan fingerprint density at radius 1 is 1.52 bits per heavy atom. The number of hydrogen-bond donors (Lipinski definition) is 1. The van der Waals surface area contributed by atoms with Crippen LogP contribution in [0.4, 0.5) is 0 Å². The molecule has 0 saturated heterocycles. The Morgan fingerprint density at radius 3 is 3.05 bits per heavy atom. The SMILES string of the molecule is CC1CCCC(Cc2cc(Cl)cc3c2OCC3)(C(=O)O)C1. The van der Waals surface area contributed by atoms with Crippen LogP contribution in [0.1, 0.15) is 43.7 Å². The van der Waals surface area contributed by atoms with Crippen LogP contribution in [-0.4, -0.2) is 17.7 Å². The lowest BCUT2D eigenvalue weighted by atomic mass is 9.67. The fourth-order valence-electron chi connectivity index (χ4n) is 3.93. The van der Waals surface area contributed by atoms with Crippen molar-refractivity contribution in [2.24, 2.45) is 11.3 Å². The van der Waals surface area contributed by atoms with E-state index in [0.717, 1.165) is 49.0 Å². The minimum absolute atomic E-state index is 0.461. The predicted molar refractivity (Wildman–Crippen MR) is 82.1 cm³/mol. The van der Waals surface area contributed by atoms with E-state index in [2.05, 4.69) is 6.92 Å². The number of carbonyl (C=O) groups is 1. The molecule has 4 heteroatoms. The highest BCUT2D eigenvalue weighted by Crippen LogP contribution is 2.45. The van der Waals surface area contributed by atoms with Crippen molar-refractivity contribution in [3.63, 3.8) is 0 Å². The first-order valence-corrected chi connectivity index (χ1v) is 8.05. The number of benzene rings is 1. The Labute approximate surface area is 130 Å². The Hall–Kier alpha value is -1.22. The molecule has 0 bridgehead atoms. The average molecular weight is 309 g/mol. The van der Waals surface area contributed by atoms with Gasteiger partial charge in [-0.2, -0.15) is 0 Å². The number of halogens is 1. The van der Waals surface area contributed by atoms with Gasteiger partial charge in [0.15, 0.2) is 0 Å². The van der Waals surface area contributed by atoms with Gasteiger partial charge in [-0.1, -0.05) is 31.4 Å². The van der Waals surface area contributed by atoms with E-state index in [-0.39, 0.29) is 0 Å². The molecule has 0 amide bonds. The average Bonchev–Trinajstić information content (AvgIpc) is 2.86.